The summed E-state index contributed by atoms with van der Waals surface area (Å²) >= 11 is 0. The highest BCUT2D eigenvalue weighted by atomic mass is 16.5. The second-order valence-electron chi connectivity index (χ2n) is 6.74. The molecular formula is C20H32N2O2. The number of hydrogen-bond acceptors (Lipinski definition) is 3. The van der Waals surface area contributed by atoms with Crippen molar-refractivity contribution in [1.29, 1.82) is 0 Å². The van der Waals surface area contributed by atoms with E-state index < -0.39 is 0 Å². The van der Waals surface area contributed by atoms with Crippen LogP contribution in [0.4, 0.5) is 4.79 Å². The first kappa shape index (κ1) is 18.8. The molecule has 1 saturated heterocycles. The Hall–Kier alpha value is -1.55. The van der Waals surface area contributed by atoms with Gasteiger partial charge in [0.25, 0.3) is 0 Å². The van der Waals surface area contributed by atoms with E-state index in [1.807, 2.05) is 30.3 Å². The Morgan fingerprint density at radius 3 is 2.62 bits per heavy atom. The summed E-state index contributed by atoms with van der Waals surface area (Å²) in [6.07, 6.45) is 8.02. The minimum absolute atomic E-state index is 0.225. The minimum atomic E-state index is -0.296. The number of alkyl carbamates (subject to hydrolysis) is 1. The van der Waals surface area contributed by atoms with Crippen LogP contribution in [0.3, 0.4) is 0 Å². The molecule has 0 radical (unpaired) electrons. The van der Waals surface area contributed by atoms with Gasteiger partial charge in [-0.05, 0) is 57.3 Å². The number of rotatable bonds is 9. The maximum atomic E-state index is 12.0. The van der Waals surface area contributed by atoms with Gasteiger partial charge in [0, 0.05) is 6.04 Å². The Morgan fingerprint density at radius 1 is 1.17 bits per heavy atom. The molecule has 4 heteroatoms. The smallest absolute Gasteiger partial charge is 0.407 e. The molecular weight excluding hydrogens is 300 g/mol. The normalized spacial score (nSPS) is 16.5. The highest BCUT2D eigenvalue weighted by Crippen LogP contribution is 2.12. The van der Waals surface area contributed by atoms with Gasteiger partial charge < -0.3 is 15.0 Å². The summed E-state index contributed by atoms with van der Waals surface area (Å²) in [5.74, 6) is 0. The first-order chi connectivity index (χ1) is 11.8. The number of likely N-dealkylation sites (tertiary alicyclic amines) is 1. The maximum absolute atomic E-state index is 12.0. The fourth-order valence-corrected chi connectivity index (χ4v) is 3.31. The van der Waals surface area contributed by atoms with Gasteiger partial charge in [-0.15, -0.1) is 0 Å². The lowest BCUT2D eigenvalue weighted by molar-refractivity contribution is 0.133. The van der Waals surface area contributed by atoms with Crippen molar-refractivity contribution in [2.45, 2.75) is 64.5 Å². The van der Waals surface area contributed by atoms with E-state index in [2.05, 4.69) is 17.1 Å². The summed E-state index contributed by atoms with van der Waals surface area (Å²) in [4.78, 5) is 14.6. The number of nitrogens with one attached hydrogen (secondary N) is 1. The molecule has 2 rings (SSSR count). The molecule has 134 valence electrons. The zero-order valence-electron chi connectivity index (χ0n) is 15.0. The SMILES string of the molecule is CCCC(CCCN1CCCCC1)NC(=O)OCc1ccccc1. The number of piperidine rings is 1. The van der Waals surface area contributed by atoms with E-state index in [-0.39, 0.29) is 12.1 Å². The van der Waals surface area contributed by atoms with Gasteiger partial charge in [-0.3, -0.25) is 0 Å². The van der Waals surface area contributed by atoms with Crippen LogP contribution in [0.25, 0.3) is 0 Å². The summed E-state index contributed by atoms with van der Waals surface area (Å²) in [6.45, 7) is 6.13. The van der Waals surface area contributed by atoms with E-state index in [4.69, 9.17) is 4.74 Å². The first-order valence-electron chi connectivity index (χ1n) is 9.47. The van der Waals surface area contributed by atoms with E-state index in [1.54, 1.807) is 0 Å². The molecule has 1 N–H and O–H groups in total. The Balaban J connectivity index is 1.66. The second-order valence-corrected chi connectivity index (χ2v) is 6.74. The molecule has 1 aromatic carbocycles. The third-order valence-corrected chi connectivity index (χ3v) is 4.65. The summed E-state index contributed by atoms with van der Waals surface area (Å²) in [5.41, 5.74) is 1.02. The van der Waals surface area contributed by atoms with Gasteiger partial charge in [0.1, 0.15) is 6.61 Å². The van der Waals surface area contributed by atoms with E-state index in [0.717, 1.165) is 37.8 Å². The fourth-order valence-electron chi connectivity index (χ4n) is 3.31. The van der Waals surface area contributed by atoms with Gasteiger partial charge in [-0.1, -0.05) is 50.1 Å². The van der Waals surface area contributed by atoms with Crippen LogP contribution in [0.15, 0.2) is 30.3 Å². The van der Waals surface area contributed by atoms with Gasteiger partial charge in [-0.25, -0.2) is 4.79 Å². The third kappa shape index (κ3) is 7.35. The topological polar surface area (TPSA) is 41.6 Å². The van der Waals surface area contributed by atoms with Crippen molar-refractivity contribution < 1.29 is 9.53 Å². The number of carbonyl (C=O) groups is 1. The number of hydrogen-bond donors (Lipinski definition) is 1. The molecule has 1 heterocycles. The van der Waals surface area contributed by atoms with Crippen LogP contribution in [0.5, 0.6) is 0 Å². The van der Waals surface area contributed by atoms with Gasteiger partial charge in [0.15, 0.2) is 0 Å². The van der Waals surface area contributed by atoms with Crippen molar-refractivity contribution in [1.82, 2.24) is 10.2 Å². The van der Waals surface area contributed by atoms with Crippen LogP contribution in [-0.2, 0) is 11.3 Å². The van der Waals surface area contributed by atoms with Crippen molar-refractivity contribution in [3.63, 3.8) is 0 Å². The Labute approximate surface area is 146 Å². The van der Waals surface area contributed by atoms with Gasteiger partial charge in [0.2, 0.25) is 0 Å². The molecule has 4 nitrogen and oxygen atoms in total. The monoisotopic (exact) mass is 332 g/mol. The standard InChI is InChI=1S/C20H32N2O2/c1-2-10-19(13-9-16-22-14-7-4-8-15-22)21-20(23)24-17-18-11-5-3-6-12-18/h3,5-6,11-12,19H,2,4,7-10,13-17H2,1H3,(H,21,23). The second kappa shape index (κ2) is 11.1. The summed E-state index contributed by atoms with van der Waals surface area (Å²) in [5, 5.41) is 3.05. The molecule has 1 atom stereocenters. The molecule has 1 unspecified atom stereocenters. The van der Waals surface area contributed by atoms with E-state index in [1.165, 1.54) is 32.4 Å². The lowest BCUT2D eigenvalue weighted by Gasteiger charge is -2.27. The van der Waals surface area contributed by atoms with E-state index in [0.29, 0.717) is 6.61 Å². The van der Waals surface area contributed by atoms with Gasteiger partial charge >= 0.3 is 6.09 Å². The Kier molecular flexibility index (Phi) is 8.67. The van der Waals surface area contributed by atoms with Crippen LogP contribution >= 0.6 is 0 Å². The largest absolute Gasteiger partial charge is 0.445 e. The van der Waals surface area contributed by atoms with Gasteiger partial charge in [0.05, 0.1) is 0 Å². The molecule has 1 aliphatic rings. The quantitative estimate of drug-likeness (QED) is 0.731. The highest BCUT2D eigenvalue weighted by molar-refractivity contribution is 5.67. The number of nitrogens with zero attached hydrogens (tertiary/aromatic N) is 1. The van der Waals surface area contributed by atoms with Crippen LogP contribution in [-0.4, -0.2) is 36.7 Å². The molecule has 0 saturated carbocycles. The van der Waals surface area contributed by atoms with Crippen LogP contribution in [0.1, 0.15) is 57.4 Å². The molecule has 0 aliphatic carbocycles. The molecule has 0 spiro atoms. The minimum Gasteiger partial charge on any atom is -0.445 e. The predicted molar refractivity (Wildman–Crippen MR) is 98.0 cm³/mol. The average molecular weight is 332 g/mol. The van der Waals surface area contributed by atoms with Crippen molar-refractivity contribution in [2.75, 3.05) is 19.6 Å². The lowest BCUT2D eigenvalue weighted by Crippen LogP contribution is -2.36. The van der Waals surface area contributed by atoms with E-state index in [9.17, 15) is 4.79 Å². The van der Waals surface area contributed by atoms with Crippen molar-refractivity contribution in [3.8, 4) is 0 Å². The summed E-state index contributed by atoms with van der Waals surface area (Å²) in [7, 11) is 0. The van der Waals surface area contributed by atoms with Crippen molar-refractivity contribution in [3.05, 3.63) is 35.9 Å². The average Bonchev–Trinajstić information content (AvgIpc) is 2.62. The molecule has 0 bridgehead atoms. The predicted octanol–water partition coefficient (Wildman–Crippen LogP) is 4.35. The van der Waals surface area contributed by atoms with Crippen LogP contribution in [0.2, 0.25) is 0 Å². The van der Waals surface area contributed by atoms with Crippen LogP contribution < -0.4 is 5.32 Å². The maximum Gasteiger partial charge on any atom is 0.407 e. The molecule has 1 aliphatic heterocycles. The third-order valence-electron chi connectivity index (χ3n) is 4.65. The fraction of sp³-hybridized carbons (Fsp3) is 0.650. The Morgan fingerprint density at radius 2 is 1.92 bits per heavy atom. The van der Waals surface area contributed by atoms with E-state index >= 15 is 0 Å². The molecule has 1 aromatic rings. The van der Waals surface area contributed by atoms with Crippen molar-refractivity contribution in [2.24, 2.45) is 0 Å². The Bertz CT molecular complexity index is 458. The number of amides is 1. The number of benzene rings is 1. The lowest BCUT2D eigenvalue weighted by atomic mass is 10.1. The number of ether oxygens (including phenoxy) is 1. The molecule has 24 heavy (non-hydrogen) atoms. The zero-order chi connectivity index (χ0) is 17.0. The molecule has 1 amide bonds. The van der Waals surface area contributed by atoms with Crippen molar-refractivity contribution >= 4 is 6.09 Å². The molecule has 0 aromatic heterocycles. The molecule has 1 fully saturated rings. The highest BCUT2D eigenvalue weighted by Gasteiger charge is 2.14. The summed E-state index contributed by atoms with van der Waals surface area (Å²) in [6, 6.07) is 10.0. The number of carbonyl (C=O) groups excluding carboxylic acids is 1. The first-order valence-corrected chi connectivity index (χ1v) is 9.47. The zero-order valence-corrected chi connectivity index (χ0v) is 15.0. The summed E-state index contributed by atoms with van der Waals surface area (Å²) < 4.78 is 5.34. The van der Waals surface area contributed by atoms with Gasteiger partial charge in [-0.2, -0.15) is 0 Å². The van der Waals surface area contributed by atoms with Crippen LogP contribution in [0, 0.1) is 0 Å².